The Morgan fingerprint density at radius 3 is 2.26 bits per heavy atom. The van der Waals surface area contributed by atoms with Crippen molar-refractivity contribution >= 4 is 28.2 Å². The molecule has 0 amide bonds. The topological polar surface area (TPSA) is 65.7 Å². The number of nitrogens with one attached hydrogen (secondary N) is 1. The van der Waals surface area contributed by atoms with E-state index in [1.807, 2.05) is 0 Å². The van der Waals surface area contributed by atoms with Crippen molar-refractivity contribution < 1.29 is 13.1 Å². The molecule has 0 saturated heterocycles. The third kappa shape index (κ3) is 9.98. The Kier molecular flexibility index (Phi) is 13.9. The van der Waals surface area contributed by atoms with Crippen molar-refractivity contribution in [3.8, 4) is 0 Å². The average Bonchev–Trinajstić information content (AvgIpc) is 2.44. The first-order valence-electron chi connectivity index (χ1n) is 6.76. The monoisotopic (exact) mass is 326 g/mol. The lowest BCUT2D eigenvalue weighted by Crippen LogP contribution is -2.41. The van der Waals surface area contributed by atoms with Gasteiger partial charge in [0, 0.05) is 20.3 Å². The molecule has 0 aliphatic rings. The normalized spacial score (nSPS) is 12.2. The zero-order chi connectivity index (χ0) is 14.4. The number of unbranched alkanes of at least 4 members (excludes halogenated alkanes) is 3. The third-order valence-electron chi connectivity index (χ3n) is 2.94. The molecular weight excluding hydrogens is 299 g/mol. The van der Waals surface area contributed by atoms with Crippen LogP contribution in [0.15, 0.2) is 0 Å². The summed E-state index contributed by atoms with van der Waals surface area (Å²) in [4.78, 5) is 0. The highest BCUT2D eigenvalue weighted by molar-refractivity contribution is 7.94. The van der Waals surface area contributed by atoms with Crippen LogP contribution in [-0.2, 0) is 24.9 Å². The van der Waals surface area contributed by atoms with Crippen molar-refractivity contribution in [2.24, 2.45) is 5.73 Å². The molecule has 114 valence electrons. The van der Waals surface area contributed by atoms with Gasteiger partial charge in [-0.25, -0.2) is 0 Å². The molecule has 0 saturated carbocycles. The fourth-order valence-corrected chi connectivity index (χ4v) is 5.39. The van der Waals surface area contributed by atoms with E-state index in [2.05, 4.69) is 5.32 Å². The highest BCUT2D eigenvalue weighted by atomic mass is 32.4. The van der Waals surface area contributed by atoms with Crippen molar-refractivity contribution in [1.29, 1.82) is 0 Å². The fraction of sp³-hybridized carbons (Fsp3) is 1.00. The third-order valence-corrected chi connectivity index (χ3v) is 7.23. The summed E-state index contributed by atoms with van der Waals surface area (Å²) in [5.41, 5.74) is 5.45. The largest absolute Gasteiger partial charge is 0.509 e. The van der Waals surface area contributed by atoms with Crippen LogP contribution in [0.25, 0.3) is 0 Å². The second kappa shape index (κ2) is 13.5. The number of hydrogen-bond donors (Lipinski definition) is 2. The number of rotatable bonds is 14. The van der Waals surface area contributed by atoms with Crippen LogP contribution < -0.4 is 11.1 Å². The Hall–Kier alpha value is 0.537. The molecule has 5 nitrogen and oxygen atoms in total. The Balaban J connectivity index is 3.52. The lowest BCUT2D eigenvalue weighted by atomic mass is 10.2. The van der Waals surface area contributed by atoms with Crippen LogP contribution >= 0.6 is 7.58 Å². The first kappa shape index (κ1) is 19.5. The first-order chi connectivity index (χ1) is 9.24. The van der Waals surface area contributed by atoms with Gasteiger partial charge in [0.2, 0.25) is 0 Å². The van der Waals surface area contributed by atoms with E-state index in [4.69, 9.17) is 30.6 Å². The van der Waals surface area contributed by atoms with Crippen molar-refractivity contribution in [1.82, 2.24) is 5.32 Å². The van der Waals surface area contributed by atoms with Gasteiger partial charge in [-0.2, -0.15) is 0 Å². The lowest BCUT2D eigenvalue weighted by molar-refractivity contribution is 0.170. The summed E-state index contributed by atoms with van der Waals surface area (Å²) in [6.45, 7) is 2.81. The van der Waals surface area contributed by atoms with Crippen molar-refractivity contribution in [3.05, 3.63) is 0 Å². The van der Waals surface area contributed by atoms with Gasteiger partial charge >= 0.3 is 8.80 Å². The van der Waals surface area contributed by atoms with Crippen LogP contribution in [0.1, 0.15) is 32.1 Å². The van der Waals surface area contributed by atoms with Crippen LogP contribution in [0.2, 0.25) is 6.04 Å². The Morgan fingerprint density at radius 2 is 1.68 bits per heavy atom. The Labute approximate surface area is 124 Å². The molecule has 8 heteroatoms. The summed E-state index contributed by atoms with van der Waals surface area (Å²) in [5, 5.41) is 3.42. The van der Waals surface area contributed by atoms with Crippen LogP contribution in [0.4, 0.5) is 0 Å². The fourth-order valence-electron chi connectivity index (χ4n) is 1.77. The van der Waals surface area contributed by atoms with Crippen molar-refractivity contribution in [3.63, 3.8) is 0 Å². The standard InChI is InChI=1S/C11H27N2O3PSSi/c1-14-19(15-2,16-17-18)11-7-10-13-9-6-4-3-5-8-12/h13H,3-12H2,1-2H3. The molecule has 0 aromatic carbocycles. The Bertz CT molecular complexity index is 224. The predicted molar refractivity (Wildman–Crippen MR) is 85.0 cm³/mol. The predicted octanol–water partition coefficient (Wildman–Crippen LogP) is 2.06. The van der Waals surface area contributed by atoms with E-state index >= 15 is 0 Å². The van der Waals surface area contributed by atoms with E-state index in [-0.39, 0.29) is 0 Å². The zero-order valence-electron chi connectivity index (χ0n) is 12.0. The molecule has 0 aliphatic heterocycles. The molecule has 0 heterocycles. The van der Waals surface area contributed by atoms with Gasteiger partial charge in [0.15, 0.2) is 0 Å². The summed E-state index contributed by atoms with van der Waals surface area (Å²) in [7, 11) is 1.20. The zero-order valence-corrected chi connectivity index (χ0v) is 14.7. The van der Waals surface area contributed by atoms with E-state index in [0.717, 1.165) is 38.5 Å². The molecule has 0 aromatic heterocycles. The molecule has 0 aromatic rings. The molecule has 0 spiro atoms. The second-order valence-electron chi connectivity index (χ2n) is 4.31. The minimum atomic E-state index is -2.50. The number of hydrogen-bond acceptors (Lipinski definition) is 6. The van der Waals surface area contributed by atoms with Gasteiger partial charge in [-0.15, -0.1) is 0 Å². The van der Waals surface area contributed by atoms with Gasteiger partial charge in [-0.3, -0.25) is 0 Å². The van der Waals surface area contributed by atoms with Gasteiger partial charge in [-0.1, -0.05) is 12.8 Å². The second-order valence-corrected chi connectivity index (χ2v) is 8.32. The van der Waals surface area contributed by atoms with E-state index in [1.165, 1.54) is 19.3 Å². The molecular formula is C11H27N2O3PSSi. The average molecular weight is 326 g/mol. The summed E-state index contributed by atoms with van der Waals surface area (Å²) < 4.78 is 16.2. The molecule has 3 N–H and O–H groups in total. The summed E-state index contributed by atoms with van der Waals surface area (Å²) in [5.74, 6) is 0. The molecule has 0 rings (SSSR count). The molecule has 0 bridgehead atoms. The smallest absolute Gasteiger partial charge is 0.376 e. The van der Waals surface area contributed by atoms with Gasteiger partial charge in [0.05, 0.1) is 0 Å². The minimum Gasteiger partial charge on any atom is -0.376 e. The number of nitrogens with two attached hydrogens (primary N) is 1. The molecule has 0 radical (unpaired) electrons. The quantitative estimate of drug-likeness (QED) is 0.289. The van der Waals surface area contributed by atoms with E-state index in [9.17, 15) is 0 Å². The maximum absolute atomic E-state index is 5.45. The van der Waals surface area contributed by atoms with Gasteiger partial charge in [0.1, 0.15) is 7.58 Å². The first-order valence-corrected chi connectivity index (χ1v) is 10.5. The molecule has 19 heavy (non-hydrogen) atoms. The molecule has 0 fully saturated rings. The van der Waals surface area contributed by atoms with Crippen LogP contribution in [0.3, 0.4) is 0 Å². The van der Waals surface area contributed by atoms with Crippen LogP contribution in [-0.4, -0.2) is 42.7 Å². The Morgan fingerprint density at radius 1 is 1.05 bits per heavy atom. The highest BCUT2D eigenvalue weighted by Gasteiger charge is 2.38. The summed E-state index contributed by atoms with van der Waals surface area (Å²) >= 11 is 4.80. The van der Waals surface area contributed by atoms with Crippen LogP contribution in [0.5, 0.6) is 0 Å². The van der Waals surface area contributed by atoms with Gasteiger partial charge in [-0.05, 0) is 50.7 Å². The minimum absolute atomic E-state index is 0.450. The van der Waals surface area contributed by atoms with E-state index in [1.54, 1.807) is 14.2 Å². The lowest BCUT2D eigenvalue weighted by Gasteiger charge is -2.23. The van der Waals surface area contributed by atoms with Gasteiger partial charge in [0.25, 0.3) is 0 Å². The molecule has 0 atom stereocenters. The maximum atomic E-state index is 5.45. The maximum Gasteiger partial charge on any atom is 0.509 e. The SMILES string of the molecule is CO[Si](CCCNCCCCCCN)(OC)OP=S. The highest BCUT2D eigenvalue weighted by Crippen LogP contribution is 2.20. The summed E-state index contributed by atoms with van der Waals surface area (Å²) in [6.07, 6.45) is 5.79. The van der Waals surface area contributed by atoms with E-state index in [0.29, 0.717) is 7.58 Å². The van der Waals surface area contributed by atoms with Crippen molar-refractivity contribution in [2.75, 3.05) is 33.9 Å². The van der Waals surface area contributed by atoms with Gasteiger partial charge < -0.3 is 24.1 Å². The summed E-state index contributed by atoms with van der Waals surface area (Å²) in [6, 6.07) is 0.795. The van der Waals surface area contributed by atoms with Crippen LogP contribution in [0, 0.1) is 0 Å². The van der Waals surface area contributed by atoms with E-state index < -0.39 is 8.80 Å². The van der Waals surface area contributed by atoms with Crippen molar-refractivity contribution in [2.45, 2.75) is 38.1 Å². The molecule has 0 unspecified atom stereocenters. The molecule has 0 aliphatic carbocycles.